The van der Waals surface area contributed by atoms with Gasteiger partial charge in [-0.15, -0.1) is 0 Å². The van der Waals surface area contributed by atoms with Crippen molar-refractivity contribution in [3.8, 4) is 0 Å². The van der Waals surface area contributed by atoms with Gasteiger partial charge in [0.2, 0.25) is 15.9 Å². The molecule has 0 bridgehead atoms. The average molecular weight is 563 g/mol. The molecular weight excluding hydrogens is 520 g/mol. The first-order valence-corrected chi connectivity index (χ1v) is 15.7. The molecule has 1 aromatic heterocycles. The fourth-order valence-corrected chi connectivity index (χ4v) is 7.43. The molecule has 0 spiro atoms. The lowest BCUT2D eigenvalue weighted by atomic mass is 9.86. The molecule has 1 amide bonds. The second-order valence-electron chi connectivity index (χ2n) is 12.3. The Balaban J connectivity index is 1.34. The maximum absolute atomic E-state index is 13.7. The molecule has 1 aliphatic carbocycles. The number of benzene rings is 2. The molecular formula is C32H42N4O3S. The number of carbonyl (C=O) groups is 1. The van der Waals surface area contributed by atoms with Gasteiger partial charge in [0.15, 0.2) is 0 Å². The summed E-state index contributed by atoms with van der Waals surface area (Å²) in [4.78, 5) is 16.2. The van der Waals surface area contributed by atoms with Gasteiger partial charge in [0.1, 0.15) is 0 Å². The Hall–Kier alpha value is -2.94. The zero-order valence-corrected chi connectivity index (χ0v) is 25.2. The summed E-state index contributed by atoms with van der Waals surface area (Å²) in [6.45, 7) is 10.3. The summed E-state index contributed by atoms with van der Waals surface area (Å²) in [7, 11) is -1.62. The lowest BCUT2D eigenvalue weighted by molar-refractivity contribution is -0.123. The molecule has 1 aliphatic heterocycles. The van der Waals surface area contributed by atoms with E-state index in [1.807, 2.05) is 37.4 Å². The minimum absolute atomic E-state index is 0.0665. The van der Waals surface area contributed by atoms with E-state index in [1.54, 1.807) is 12.1 Å². The first-order chi connectivity index (χ1) is 18.9. The topological polar surface area (TPSA) is 74.6 Å². The van der Waals surface area contributed by atoms with Crippen LogP contribution in [0.15, 0.2) is 65.7 Å². The standard InChI is InChI=1S/C32H42N4O3S/c1-23-11-14-26(15-12-23)40(38,39)36-19-18-35-17-7-10-29(35)30(36)21-31(37)33-28-9-6-8-25-20-24(13-16-27(25)28)22-34(5)32(2,3)4/h7,10-17,20,28,30H,6,8-9,18-19,21-22H2,1-5H3,(H,33,37). The van der Waals surface area contributed by atoms with Crippen molar-refractivity contribution in [2.24, 2.45) is 0 Å². The molecule has 3 aromatic rings. The Morgan fingerprint density at radius 3 is 2.55 bits per heavy atom. The highest BCUT2D eigenvalue weighted by Gasteiger charge is 2.38. The third-order valence-corrected chi connectivity index (χ3v) is 10.5. The largest absolute Gasteiger partial charge is 0.349 e. The summed E-state index contributed by atoms with van der Waals surface area (Å²) in [6, 6.07) is 16.8. The van der Waals surface area contributed by atoms with Crippen molar-refractivity contribution in [1.29, 1.82) is 0 Å². The average Bonchev–Trinajstić information content (AvgIpc) is 3.38. The van der Waals surface area contributed by atoms with Crippen molar-refractivity contribution in [2.45, 2.75) is 89.0 Å². The number of nitrogens with one attached hydrogen (secondary N) is 1. The van der Waals surface area contributed by atoms with Gasteiger partial charge in [-0.3, -0.25) is 9.69 Å². The molecule has 8 heteroatoms. The highest BCUT2D eigenvalue weighted by atomic mass is 32.2. The van der Waals surface area contributed by atoms with E-state index in [0.29, 0.717) is 13.1 Å². The SMILES string of the molecule is Cc1ccc(S(=O)(=O)N2CCn3cccc3C2CC(=O)NC2CCCc3cc(CN(C)C(C)(C)C)ccc32)cc1. The van der Waals surface area contributed by atoms with E-state index in [2.05, 4.69) is 60.8 Å². The zero-order chi connectivity index (χ0) is 28.7. The van der Waals surface area contributed by atoms with Gasteiger partial charge in [-0.1, -0.05) is 35.9 Å². The fraction of sp³-hybridized carbons (Fsp3) is 0.469. The quantitative estimate of drug-likeness (QED) is 0.421. The molecule has 2 aromatic carbocycles. The van der Waals surface area contributed by atoms with Crippen LogP contribution in [0.4, 0.5) is 0 Å². The molecule has 2 heterocycles. The minimum Gasteiger partial charge on any atom is -0.349 e. The Kier molecular flexibility index (Phi) is 7.97. The Labute approximate surface area is 239 Å². The van der Waals surface area contributed by atoms with Crippen molar-refractivity contribution in [1.82, 2.24) is 19.1 Å². The normalized spacial score (nSPS) is 19.8. The van der Waals surface area contributed by atoms with Crippen LogP contribution in [0.2, 0.25) is 0 Å². The van der Waals surface area contributed by atoms with E-state index in [1.165, 1.54) is 21.0 Å². The summed E-state index contributed by atoms with van der Waals surface area (Å²) in [5, 5.41) is 3.27. The molecule has 2 atom stereocenters. The Morgan fingerprint density at radius 1 is 1.07 bits per heavy atom. The molecule has 2 aliphatic rings. The van der Waals surface area contributed by atoms with Crippen molar-refractivity contribution >= 4 is 15.9 Å². The Morgan fingerprint density at radius 2 is 1.82 bits per heavy atom. The van der Waals surface area contributed by atoms with E-state index < -0.39 is 16.1 Å². The lowest BCUT2D eigenvalue weighted by Crippen LogP contribution is -2.44. The smallest absolute Gasteiger partial charge is 0.243 e. The number of amides is 1. The summed E-state index contributed by atoms with van der Waals surface area (Å²) in [5.41, 5.74) is 5.70. The number of sulfonamides is 1. The molecule has 40 heavy (non-hydrogen) atoms. The van der Waals surface area contributed by atoms with Crippen LogP contribution >= 0.6 is 0 Å². The number of hydrogen-bond acceptors (Lipinski definition) is 4. The van der Waals surface area contributed by atoms with Crippen molar-refractivity contribution in [3.63, 3.8) is 0 Å². The summed E-state index contributed by atoms with van der Waals surface area (Å²) in [5.74, 6) is -0.127. The maximum atomic E-state index is 13.7. The van der Waals surface area contributed by atoms with E-state index >= 15 is 0 Å². The second-order valence-corrected chi connectivity index (χ2v) is 14.2. The number of aromatic nitrogens is 1. The van der Waals surface area contributed by atoms with E-state index in [0.717, 1.165) is 37.1 Å². The number of aryl methyl sites for hydroxylation is 2. The number of fused-ring (bicyclic) bond motifs is 2. The third kappa shape index (κ3) is 5.90. The first kappa shape index (κ1) is 28.6. The second kappa shape index (κ2) is 11.1. The van der Waals surface area contributed by atoms with Gasteiger partial charge in [0.05, 0.1) is 17.0 Å². The maximum Gasteiger partial charge on any atom is 0.243 e. The predicted octanol–water partition coefficient (Wildman–Crippen LogP) is 5.36. The Bertz CT molecular complexity index is 1470. The fourth-order valence-electron chi connectivity index (χ4n) is 5.84. The number of carbonyl (C=O) groups excluding carboxylic acids is 1. The van der Waals surface area contributed by atoms with Crippen LogP contribution < -0.4 is 5.32 Å². The first-order valence-electron chi connectivity index (χ1n) is 14.3. The molecule has 1 N–H and O–H groups in total. The lowest BCUT2D eigenvalue weighted by Gasteiger charge is -2.36. The van der Waals surface area contributed by atoms with Gasteiger partial charge in [-0.25, -0.2) is 8.42 Å². The molecule has 0 saturated carbocycles. The highest BCUT2D eigenvalue weighted by Crippen LogP contribution is 2.35. The van der Waals surface area contributed by atoms with Crippen LogP contribution in [-0.4, -0.2) is 47.2 Å². The molecule has 2 unspecified atom stereocenters. The van der Waals surface area contributed by atoms with Crippen molar-refractivity contribution in [2.75, 3.05) is 13.6 Å². The van der Waals surface area contributed by atoms with E-state index in [9.17, 15) is 13.2 Å². The van der Waals surface area contributed by atoms with Crippen LogP contribution in [0, 0.1) is 6.92 Å². The van der Waals surface area contributed by atoms with E-state index in [4.69, 9.17) is 0 Å². The van der Waals surface area contributed by atoms with Gasteiger partial charge >= 0.3 is 0 Å². The van der Waals surface area contributed by atoms with E-state index in [-0.39, 0.29) is 28.8 Å². The number of hydrogen-bond donors (Lipinski definition) is 1. The zero-order valence-electron chi connectivity index (χ0n) is 24.4. The monoisotopic (exact) mass is 562 g/mol. The molecule has 5 rings (SSSR count). The number of rotatable bonds is 7. The summed E-state index contributed by atoms with van der Waals surface area (Å²) < 4.78 is 31.0. The van der Waals surface area contributed by atoms with Gasteiger partial charge in [-0.05, 0) is 95.0 Å². The summed E-state index contributed by atoms with van der Waals surface area (Å²) in [6.07, 6.45) is 4.94. The molecule has 0 radical (unpaired) electrons. The molecule has 7 nitrogen and oxygen atoms in total. The minimum atomic E-state index is -3.77. The van der Waals surface area contributed by atoms with Crippen molar-refractivity contribution in [3.05, 3.63) is 88.7 Å². The third-order valence-electron chi connectivity index (χ3n) is 8.54. The van der Waals surface area contributed by atoms with Gasteiger partial charge in [0.25, 0.3) is 0 Å². The molecule has 0 saturated heterocycles. The van der Waals surface area contributed by atoms with Gasteiger partial charge in [-0.2, -0.15) is 4.31 Å². The highest BCUT2D eigenvalue weighted by molar-refractivity contribution is 7.89. The van der Waals surface area contributed by atoms with Crippen LogP contribution in [0.3, 0.4) is 0 Å². The van der Waals surface area contributed by atoms with Crippen LogP contribution in [0.5, 0.6) is 0 Å². The van der Waals surface area contributed by atoms with Crippen molar-refractivity contribution < 1.29 is 13.2 Å². The van der Waals surface area contributed by atoms with Crippen LogP contribution in [0.1, 0.15) is 80.1 Å². The molecule has 214 valence electrons. The summed E-state index contributed by atoms with van der Waals surface area (Å²) >= 11 is 0. The van der Waals surface area contributed by atoms with Gasteiger partial charge < -0.3 is 9.88 Å². The van der Waals surface area contributed by atoms with Crippen LogP contribution in [-0.2, 0) is 34.3 Å². The van der Waals surface area contributed by atoms with Gasteiger partial charge in [0, 0.05) is 43.5 Å². The van der Waals surface area contributed by atoms with Crippen LogP contribution in [0.25, 0.3) is 0 Å². The molecule has 0 fully saturated rings. The number of nitrogens with zero attached hydrogens (tertiary/aromatic N) is 3. The predicted molar refractivity (Wildman–Crippen MR) is 158 cm³/mol.